The lowest BCUT2D eigenvalue weighted by Gasteiger charge is -2.33. The van der Waals surface area contributed by atoms with Crippen molar-refractivity contribution in [3.05, 3.63) is 0 Å². The molecule has 2 atom stereocenters. The molecule has 0 aromatic rings. The van der Waals surface area contributed by atoms with E-state index in [0.717, 1.165) is 5.92 Å². The molecule has 102 valence electrons. The molecule has 0 aromatic carbocycles. The number of nitrogens with zero attached hydrogens (tertiary/aromatic N) is 1. The molecule has 1 heterocycles. The Morgan fingerprint density at radius 2 is 2.00 bits per heavy atom. The van der Waals surface area contributed by atoms with Gasteiger partial charge in [0.15, 0.2) is 5.17 Å². The number of thioether (sulfide) groups is 1. The summed E-state index contributed by atoms with van der Waals surface area (Å²) in [6.07, 6.45) is 12.4. The molecule has 3 aliphatic rings. The Kier molecular flexibility index (Phi) is 3.88. The molecule has 0 amide bonds. The molecule has 3 rings (SSSR count). The highest BCUT2D eigenvalue weighted by molar-refractivity contribution is 8.14. The van der Waals surface area contributed by atoms with Crippen LogP contribution >= 0.6 is 11.8 Å². The van der Waals surface area contributed by atoms with Crippen molar-refractivity contribution in [2.75, 3.05) is 5.75 Å². The van der Waals surface area contributed by atoms with Crippen LogP contribution in [0.4, 0.5) is 0 Å². The SMILES string of the molecule is CC1CCCC(N=C2NC3(CCCCC3)CS2)C1. The molecule has 1 aliphatic heterocycles. The molecular formula is C15H26N2S. The second kappa shape index (κ2) is 5.44. The average molecular weight is 266 g/mol. The first kappa shape index (κ1) is 12.8. The van der Waals surface area contributed by atoms with E-state index in [0.29, 0.717) is 11.6 Å². The van der Waals surface area contributed by atoms with E-state index in [1.54, 1.807) is 0 Å². The summed E-state index contributed by atoms with van der Waals surface area (Å²) in [5, 5.41) is 5.04. The van der Waals surface area contributed by atoms with Crippen molar-refractivity contribution >= 4 is 16.9 Å². The average Bonchev–Trinajstić information content (AvgIpc) is 2.73. The van der Waals surface area contributed by atoms with Crippen LogP contribution < -0.4 is 5.32 Å². The van der Waals surface area contributed by atoms with Crippen molar-refractivity contribution in [3.8, 4) is 0 Å². The second-order valence-corrected chi connectivity index (χ2v) is 7.58. The highest BCUT2D eigenvalue weighted by Crippen LogP contribution is 2.37. The van der Waals surface area contributed by atoms with E-state index < -0.39 is 0 Å². The van der Waals surface area contributed by atoms with E-state index in [1.165, 1.54) is 68.7 Å². The smallest absolute Gasteiger partial charge is 0.157 e. The van der Waals surface area contributed by atoms with Crippen molar-refractivity contribution < 1.29 is 0 Å². The summed E-state index contributed by atoms with van der Waals surface area (Å²) in [6.45, 7) is 2.38. The van der Waals surface area contributed by atoms with Crippen LogP contribution in [0.3, 0.4) is 0 Å². The van der Waals surface area contributed by atoms with Crippen molar-refractivity contribution in [2.45, 2.75) is 76.3 Å². The fraction of sp³-hybridized carbons (Fsp3) is 0.933. The Labute approximate surface area is 115 Å². The molecule has 18 heavy (non-hydrogen) atoms. The second-order valence-electron chi connectivity index (χ2n) is 6.61. The van der Waals surface area contributed by atoms with Gasteiger partial charge in [-0.05, 0) is 31.6 Å². The normalized spacial score (nSPS) is 37.9. The summed E-state index contributed by atoms with van der Waals surface area (Å²) in [5.41, 5.74) is 0.419. The van der Waals surface area contributed by atoms with E-state index in [1.807, 2.05) is 11.8 Å². The standard InChI is InChI=1S/C15H26N2S/c1-12-6-5-7-13(10-12)16-14-17-15(11-18-14)8-3-2-4-9-15/h12-13H,2-11H2,1H3,(H,16,17). The van der Waals surface area contributed by atoms with Gasteiger partial charge in [-0.2, -0.15) is 0 Å². The minimum atomic E-state index is 0.419. The molecule has 1 spiro atoms. The molecule has 0 radical (unpaired) electrons. The largest absolute Gasteiger partial charge is 0.359 e. The quantitative estimate of drug-likeness (QED) is 0.777. The molecule has 1 saturated heterocycles. The van der Waals surface area contributed by atoms with Crippen molar-refractivity contribution in [2.24, 2.45) is 10.9 Å². The van der Waals surface area contributed by atoms with Gasteiger partial charge in [0.05, 0.1) is 6.04 Å². The monoisotopic (exact) mass is 266 g/mol. The predicted octanol–water partition coefficient (Wildman–Crippen LogP) is 3.96. The van der Waals surface area contributed by atoms with Crippen LogP contribution in [0.1, 0.15) is 64.7 Å². The first-order valence-electron chi connectivity index (χ1n) is 7.75. The maximum Gasteiger partial charge on any atom is 0.157 e. The number of amidine groups is 1. The van der Waals surface area contributed by atoms with Gasteiger partial charge in [0.1, 0.15) is 0 Å². The molecule has 1 N–H and O–H groups in total. The van der Waals surface area contributed by atoms with Crippen LogP contribution in [0.5, 0.6) is 0 Å². The first-order chi connectivity index (χ1) is 8.76. The van der Waals surface area contributed by atoms with Gasteiger partial charge in [-0.1, -0.05) is 50.8 Å². The zero-order valence-electron chi connectivity index (χ0n) is 11.6. The van der Waals surface area contributed by atoms with Crippen LogP contribution in [-0.2, 0) is 0 Å². The molecule has 0 aromatic heterocycles. The Morgan fingerprint density at radius 3 is 2.78 bits per heavy atom. The van der Waals surface area contributed by atoms with E-state index in [9.17, 15) is 0 Å². The van der Waals surface area contributed by atoms with Gasteiger partial charge in [-0.15, -0.1) is 0 Å². The van der Waals surface area contributed by atoms with Gasteiger partial charge in [-0.25, -0.2) is 0 Å². The molecule has 3 heteroatoms. The van der Waals surface area contributed by atoms with Gasteiger partial charge in [0.25, 0.3) is 0 Å². The summed E-state index contributed by atoms with van der Waals surface area (Å²) < 4.78 is 0. The van der Waals surface area contributed by atoms with Gasteiger partial charge in [-0.3, -0.25) is 4.99 Å². The van der Waals surface area contributed by atoms with Crippen LogP contribution in [-0.4, -0.2) is 22.5 Å². The van der Waals surface area contributed by atoms with E-state index in [4.69, 9.17) is 4.99 Å². The number of rotatable bonds is 1. The summed E-state index contributed by atoms with van der Waals surface area (Å²) >= 11 is 1.98. The van der Waals surface area contributed by atoms with Crippen LogP contribution in [0, 0.1) is 5.92 Å². The maximum atomic E-state index is 5.00. The Morgan fingerprint density at radius 1 is 1.17 bits per heavy atom. The van der Waals surface area contributed by atoms with Gasteiger partial charge >= 0.3 is 0 Å². The van der Waals surface area contributed by atoms with Crippen molar-refractivity contribution in [1.82, 2.24) is 5.32 Å². The lowest BCUT2D eigenvalue weighted by Crippen LogP contribution is -2.45. The first-order valence-corrected chi connectivity index (χ1v) is 8.73. The number of hydrogen-bond donors (Lipinski definition) is 1. The third kappa shape index (κ3) is 2.87. The number of nitrogens with one attached hydrogen (secondary N) is 1. The lowest BCUT2D eigenvalue weighted by atomic mass is 9.83. The van der Waals surface area contributed by atoms with Crippen molar-refractivity contribution in [3.63, 3.8) is 0 Å². The van der Waals surface area contributed by atoms with E-state index >= 15 is 0 Å². The molecule has 2 saturated carbocycles. The maximum absolute atomic E-state index is 5.00. The van der Waals surface area contributed by atoms with Gasteiger partial charge < -0.3 is 5.32 Å². The van der Waals surface area contributed by atoms with Crippen LogP contribution in [0.15, 0.2) is 4.99 Å². The van der Waals surface area contributed by atoms with Crippen LogP contribution in [0.25, 0.3) is 0 Å². The Bertz CT molecular complexity index is 320. The number of hydrogen-bond acceptors (Lipinski definition) is 2. The highest BCUT2D eigenvalue weighted by atomic mass is 32.2. The minimum absolute atomic E-state index is 0.419. The highest BCUT2D eigenvalue weighted by Gasteiger charge is 2.38. The zero-order chi connectivity index (χ0) is 12.4. The fourth-order valence-corrected chi connectivity index (χ4v) is 5.04. The van der Waals surface area contributed by atoms with E-state index in [-0.39, 0.29) is 0 Å². The predicted molar refractivity (Wildman–Crippen MR) is 80.3 cm³/mol. The molecule has 3 fully saturated rings. The summed E-state index contributed by atoms with van der Waals surface area (Å²) in [4.78, 5) is 5.00. The molecule has 2 nitrogen and oxygen atoms in total. The molecule has 0 bridgehead atoms. The minimum Gasteiger partial charge on any atom is -0.359 e. The number of aliphatic imine (C=N–C) groups is 1. The van der Waals surface area contributed by atoms with Crippen LogP contribution in [0.2, 0.25) is 0 Å². The molecular weight excluding hydrogens is 240 g/mol. The molecule has 2 unspecified atom stereocenters. The topological polar surface area (TPSA) is 24.4 Å². The molecule has 2 aliphatic carbocycles. The van der Waals surface area contributed by atoms with Gasteiger partial charge in [0.2, 0.25) is 0 Å². The van der Waals surface area contributed by atoms with Gasteiger partial charge in [0, 0.05) is 11.3 Å². The van der Waals surface area contributed by atoms with Crippen molar-refractivity contribution in [1.29, 1.82) is 0 Å². The summed E-state index contributed by atoms with van der Waals surface area (Å²) in [7, 11) is 0. The summed E-state index contributed by atoms with van der Waals surface area (Å²) in [5.74, 6) is 2.14. The summed E-state index contributed by atoms with van der Waals surface area (Å²) in [6, 6.07) is 0.600. The van der Waals surface area contributed by atoms with E-state index in [2.05, 4.69) is 12.2 Å². The Balaban J connectivity index is 1.60. The lowest BCUT2D eigenvalue weighted by molar-refractivity contribution is 0.302. The third-order valence-electron chi connectivity index (χ3n) is 4.88. The fourth-order valence-electron chi connectivity index (χ4n) is 3.76. The Hall–Kier alpha value is -0.180. The zero-order valence-corrected chi connectivity index (χ0v) is 12.4. The third-order valence-corrected chi connectivity index (χ3v) is 6.05.